The Kier molecular flexibility index (Phi) is 5.96. The standard InChI is InChI=1S/C22H24O8/c1-11-4-5-13(20(25)26)14(6-11)15-7-12(2)8-16(19(15)21(27)28)22(10-23)17(24)9-18(29-3)30-22/h4-8,17-18,23-24H,9-10H2,1-3H3,(H,25,26)(H,27,28)/t17-,18?,22-/m0/s1. The normalized spacial score (nSPS) is 23.5. The maximum absolute atomic E-state index is 12.4. The van der Waals surface area contributed by atoms with Crippen molar-refractivity contribution in [3.63, 3.8) is 0 Å². The van der Waals surface area contributed by atoms with Crippen LogP contribution in [0.5, 0.6) is 0 Å². The molecule has 160 valence electrons. The van der Waals surface area contributed by atoms with Gasteiger partial charge in [0.05, 0.1) is 23.8 Å². The molecule has 1 heterocycles. The third-order valence-electron chi connectivity index (χ3n) is 5.44. The number of benzene rings is 2. The van der Waals surface area contributed by atoms with E-state index in [9.17, 15) is 30.0 Å². The number of methoxy groups -OCH3 is 1. The summed E-state index contributed by atoms with van der Waals surface area (Å²) in [5.74, 6) is -2.53. The van der Waals surface area contributed by atoms with Gasteiger partial charge in [0, 0.05) is 19.1 Å². The molecule has 0 bridgehead atoms. The monoisotopic (exact) mass is 416 g/mol. The van der Waals surface area contributed by atoms with Crippen molar-refractivity contribution in [2.24, 2.45) is 0 Å². The van der Waals surface area contributed by atoms with Gasteiger partial charge in [0.15, 0.2) is 6.29 Å². The highest BCUT2D eigenvalue weighted by Gasteiger charge is 2.51. The van der Waals surface area contributed by atoms with Crippen molar-refractivity contribution in [1.82, 2.24) is 0 Å². The maximum Gasteiger partial charge on any atom is 0.336 e. The summed E-state index contributed by atoms with van der Waals surface area (Å²) in [5, 5.41) is 40.6. The third kappa shape index (κ3) is 3.59. The lowest BCUT2D eigenvalue weighted by molar-refractivity contribution is -0.183. The molecule has 3 atom stereocenters. The number of aliphatic hydroxyl groups excluding tert-OH is 2. The second-order valence-corrected chi connectivity index (χ2v) is 7.48. The van der Waals surface area contributed by atoms with Crippen LogP contribution in [-0.4, -0.2) is 58.5 Å². The van der Waals surface area contributed by atoms with Crippen LogP contribution in [0.1, 0.15) is 43.8 Å². The zero-order chi connectivity index (χ0) is 22.2. The summed E-state index contributed by atoms with van der Waals surface area (Å²) in [6.45, 7) is 2.81. The molecule has 1 saturated heterocycles. The van der Waals surface area contributed by atoms with Crippen LogP contribution in [0.3, 0.4) is 0 Å². The topological polar surface area (TPSA) is 134 Å². The molecule has 8 heteroatoms. The minimum Gasteiger partial charge on any atom is -0.478 e. The van der Waals surface area contributed by atoms with Crippen LogP contribution in [0.4, 0.5) is 0 Å². The molecular formula is C22H24O8. The van der Waals surface area contributed by atoms with Crippen LogP contribution in [0, 0.1) is 13.8 Å². The number of carboxylic acid groups (broad SMARTS) is 2. The SMILES string of the molecule is COC1C[C@H](O)[C@](CO)(c2cc(C)cc(-c3cc(C)ccc3C(=O)O)c2C(=O)O)O1. The molecule has 0 aromatic heterocycles. The van der Waals surface area contributed by atoms with E-state index in [0.717, 1.165) is 5.56 Å². The minimum absolute atomic E-state index is 0.0458. The Hall–Kier alpha value is -2.78. The number of ether oxygens (including phenoxy) is 2. The number of carbonyl (C=O) groups is 2. The molecule has 30 heavy (non-hydrogen) atoms. The molecule has 0 radical (unpaired) electrons. The first-order valence-corrected chi connectivity index (χ1v) is 9.37. The Labute approximate surface area is 173 Å². The van der Waals surface area contributed by atoms with E-state index in [-0.39, 0.29) is 34.2 Å². The van der Waals surface area contributed by atoms with Crippen molar-refractivity contribution >= 4 is 11.9 Å². The van der Waals surface area contributed by atoms with E-state index < -0.39 is 36.5 Å². The average molecular weight is 416 g/mol. The van der Waals surface area contributed by atoms with E-state index in [4.69, 9.17) is 9.47 Å². The molecule has 0 saturated carbocycles. The van der Waals surface area contributed by atoms with Crippen molar-refractivity contribution in [2.45, 2.75) is 38.3 Å². The van der Waals surface area contributed by atoms with Crippen LogP contribution in [0.2, 0.25) is 0 Å². The lowest BCUT2D eigenvalue weighted by atomic mass is 9.81. The summed E-state index contributed by atoms with van der Waals surface area (Å²) in [6, 6.07) is 7.76. The fourth-order valence-corrected chi connectivity index (χ4v) is 3.98. The molecule has 1 aliphatic rings. The molecule has 0 amide bonds. The zero-order valence-electron chi connectivity index (χ0n) is 16.9. The van der Waals surface area contributed by atoms with Gasteiger partial charge in [-0.15, -0.1) is 0 Å². The Morgan fingerprint density at radius 2 is 1.77 bits per heavy atom. The fourth-order valence-electron chi connectivity index (χ4n) is 3.98. The molecule has 0 spiro atoms. The van der Waals surface area contributed by atoms with Gasteiger partial charge >= 0.3 is 11.9 Å². The van der Waals surface area contributed by atoms with Crippen molar-refractivity contribution in [1.29, 1.82) is 0 Å². The lowest BCUT2D eigenvalue weighted by Crippen LogP contribution is -2.42. The Morgan fingerprint density at radius 3 is 2.30 bits per heavy atom. The molecular weight excluding hydrogens is 392 g/mol. The van der Waals surface area contributed by atoms with E-state index >= 15 is 0 Å². The smallest absolute Gasteiger partial charge is 0.336 e. The summed E-state index contributed by atoms with van der Waals surface area (Å²) < 4.78 is 10.9. The van der Waals surface area contributed by atoms with Gasteiger partial charge in [0.1, 0.15) is 5.60 Å². The van der Waals surface area contributed by atoms with Crippen LogP contribution in [-0.2, 0) is 15.1 Å². The summed E-state index contributed by atoms with van der Waals surface area (Å²) in [4.78, 5) is 24.2. The average Bonchev–Trinajstić information content (AvgIpc) is 3.03. The zero-order valence-corrected chi connectivity index (χ0v) is 16.9. The number of hydrogen-bond donors (Lipinski definition) is 4. The number of aliphatic hydroxyl groups is 2. The number of aromatic carboxylic acids is 2. The Balaban J connectivity index is 2.37. The molecule has 3 rings (SSSR count). The molecule has 0 aliphatic carbocycles. The summed E-state index contributed by atoms with van der Waals surface area (Å²) in [6.07, 6.45) is -2.01. The number of hydrogen-bond acceptors (Lipinski definition) is 6. The highest BCUT2D eigenvalue weighted by atomic mass is 16.7. The van der Waals surface area contributed by atoms with Crippen molar-refractivity contribution < 1.29 is 39.5 Å². The summed E-state index contributed by atoms with van der Waals surface area (Å²) in [5.41, 5.74) is -0.175. The highest BCUT2D eigenvalue weighted by molar-refractivity contribution is 6.03. The number of rotatable bonds is 6. The summed E-state index contributed by atoms with van der Waals surface area (Å²) >= 11 is 0. The van der Waals surface area contributed by atoms with E-state index in [1.54, 1.807) is 32.0 Å². The summed E-state index contributed by atoms with van der Waals surface area (Å²) in [7, 11) is 1.39. The quantitative estimate of drug-likeness (QED) is 0.564. The van der Waals surface area contributed by atoms with Gasteiger partial charge in [0.2, 0.25) is 0 Å². The van der Waals surface area contributed by atoms with Gasteiger partial charge in [-0.25, -0.2) is 9.59 Å². The molecule has 2 aromatic rings. The lowest BCUT2D eigenvalue weighted by Gasteiger charge is -2.32. The largest absolute Gasteiger partial charge is 0.478 e. The van der Waals surface area contributed by atoms with Gasteiger partial charge in [-0.2, -0.15) is 0 Å². The van der Waals surface area contributed by atoms with Gasteiger partial charge in [0.25, 0.3) is 0 Å². The Bertz CT molecular complexity index is 999. The van der Waals surface area contributed by atoms with Gasteiger partial charge in [-0.05, 0) is 31.0 Å². The second-order valence-electron chi connectivity index (χ2n) is 7.48. The van der Waals surface area contributed by atoms with Gasteiger partial charge < -0.3 is 29.9 Å². The van der Waals surface area contributed by atoms with Crippen molar-refractivity contribution in [3.05, 3.63) is 58.1 Å². The predicted octanol–water partition coefficient (Wildman–Crippen LogP) is 2.31. The van der Waals surface area contributed by atoms with Crippen LogP contribution >= 0.6 is 0 Å². The van der Waals surface area contributed by atoms with E-state index in [2.05, 4.69) is 0 Å². The first-order chi connectivity index (χ1) is 14.1. The van der Waals surface area contributed by atoms with E-state index in [1.807, 2.05) is 0 Å². The minimum atomic E-state index is -1.72. The maximum atomic E-state index is 12.4. The molecule has 1 fully saturated rings. The first kappa shape index (κ1) is 21.9. The van der Waals surface area contributed by atoms with Crippen LogP contribution in [0.15, 0.2) is 30.3 Å². The molecule has 8 nitrogen and oxygen atoms in total. The second kappa shape index (κ2) is 8.16. The van der Waals surface area contributed by atoms with E-state index in [0.29, 0.717) is 5.56 Å². The fraction of sp³-hybridized carbons (Fsp3) is 0.364. The van der Waals surface area contributed by atoms with Crippen molar-refractivity contribution in [2.75, 3.05) is 13.7 Å². The van der Waals surface area contributed by atoms with Gasteiger partial charge in [-0.3, -0.25) is 0 Å². The molecule has 2 aromatic carbocycles. The third-order valence-corrected chi connectivity index (χ3v) is 5.44. The molecule has 1 unspecified atom stereocenters. The number of carboxylic acids is 2. The van der Waals surface area contributed by atoms with Gasteiger partial charge in [-0.1, -0.05) is 35.4 Å². The molecule has 1 aliphatic heterocycles. The van der Waals surface area contributed by atoms with E-state index in [1.165, 1.54) is 19.2 Å². The van der Waals surface area contributed by atoms with Crippen molar-refractivity contribution in [3.8, 4) is 11.1 Å². The highest BCUT2D eigenvalue weighted by Crippen LogP contribution is 2.44. The van der Waals surface area contributed by atoms with Crippen LogP contribution in [0.25, 0.3) is 11.1 Å². The Morgan fingerprint density at radius 1 is 1.10 bits per heavy atom. The molecule has 4 N–H and O–H groups in total. The number of aryl methyl sites for hydroxylation is 2. The predicted molar refractivity (Wildman–Crippen MR) is 107 cm³/mol. The van der Waals surface area contributed by atoms with Crippen LogP contribution < -0.4 is 0 Å². The first-order valence-electron chi connectivity index (χ1n) is 9.37.